The summed E-state index contributed by atoms with van der Waals surface area (Å²) in [4.78, 5) is 29.1. The maximum absolute atomic E-state index is 12.3. The van der Waals surface area contributed by atoms with E-state index in [1.54, 1.807) is 29.4 Å². The van der Waals surface area contributed by atoms with Crippen molar-refractivity contribution < 1.29 is 9.59 Å². The van der Waals surface area contributed by atoms with E-state index in [0.717, 1.165) is 22.5 Å². The highest BCUT2D eigenvalue weighted by atomic mass is 16.2. The standard InChI is InChI=1S/C15H13N3O2/c16-13(19)8-10-2-1-3-11-9-14(20)18(15(10)11)12-4-6-17-7-5-12/h1-7H,8-9H2,(H2,16,19). The Morgan fingerprint density at radius 2 is 2.00 bits per heavy atom. The number of nitrogens with two attached hydrogens (primary N) is 1. The van der Waals surface area contributed by atoms with E-state index < -0.39 is 5.91 Å². The van der Waals surface area contributed by atoms with Gasteiger partial charge in [0.15, 0.2) is 0 Å². The van der Waals surface area contributed by atoms with Gasteiger partial charge in [0.2, 0.25) is 11.8 Å². The van der Waals surface area contributed by atoms with E-state index in [0.29, 0.717) is 6.42 Å². The van der Waals surface area contributed by atoms with Crippen molar-refractivity contribution in [2.24, 2.45) is 5.73 Å². The molecule has 0 saturated heterocycles. The minimum atomic E-state index is -0.410. The molecule has 2 amide bonds. The molecule has 0 radical (unpaired) electrons. The number of anilines is 2. The lowest BCUT2D eigenvalue weighted by molar-refractivity contribution is -0.118. The predicted molar refractivity (Wildman–Crippen MR) is 74.4 cm³/mol. The Balaban J connectivity index is 2.13. The van der Waals surface area contributed by atoms with Crippen LogP contribution in [0.3, 0.4) is 0 Å². The number of para-hydroxylation sites is 1. The number of carbonyl (C=O) groups excluding carboxylic acids is 2. The van der Waals surface area contributed by atoms with Gasteiger partial charge in [0, 0.05) is 12.4 Å². The first-order valence-corrected chi connectivity index (χ1v) is 6.29. The Bertz CT molecular complexity index is 683. The van der Waals surface area contributed by atoms with E-state index in [2.05, 4.69) is 4.98 Å². The molecule has 0 bridgehead atoms. The summed E-state index contributed by atoms with van der Waals surface area (Å²) in [6.45, 7) is 0. The highest BCUT2D eigenvalue weighted by molar-refractivity contribution is 6.08. The Kier molecular flexibility index (Phi) is 2.95. The van der Waals surface area contributed by atoms with Crippen molar-refractivity contribution in [1.82, 2.24) is 4.98 Å². The molecule has 0 atom stereocenters. The number of hydrogen-bond donors (Lipinski definition) is 1. The average molecular weight is 267 g/mol. The Morgan fingerprint density at radius 3 is 2.70 bits per heavy atom. The number of carbonyl (C=O) groups is 2. The summed E-state index contributed by atoms with van der Waals surface area (Å²) in [7, 11) is 0. The van der Waals surface area contributed by atoms with Gasteiger partial charge in [-0.2, -0.15) is 0 Å². The lowest BCUT2D eigenvalue weighted by Gasteiger charge is -2.20. The summed E-state index contributed by atoms with van der Waals surface area (Å²) in [5.41, 5.74) is 8.51. The van der Waals surface area contributed by atoms with Crippen LogP contribution in [0.2, 0.25) is 0 Å². The van der Waals surface area contributed by atoms with E-state index in [-0.39, 0.29) is 12.3 Å². The highest BCUT2D eigenvalue weighted by Crippen LogP contribution is 2.38. The highest BCUT2D eigenvalue weighted by Gasteiger charge is 2.30. The van der Waals surface area contributed by atoms with Gasteiger partial charge in [0.1, 0.15) is 0 Å². The number of fused-ring (bicyclic) bond motifs is 1. The lowest BCUT2D eigenvalue weighted by atomic mass is 10.0. The van der Waals surface area contributed by atoms with Crippen molar-refractivity contribution in [3.8, 4) is 0 Å². The third-order valence-electron chi connectivity index (χ3n) is 3.30. The van der Waals surface area contributed by atoms with E-state index in [4.69, 9.17) is 5.73 Å². The van der Waals surface area contributed by atoms with Crippen molar-refractivity contribution in [3.63, 3.8) is 0 Å². The van der Waals surface area contributed by atoms with Crippen LogP contribution in [0.4, 0.5) is 11.4 Å². The summed E-state index contributed by atoms with van der Waals surface area (Å²) in [5.74, 6) is -0.421. The number of pyridine rings is 1. The monoisotopic (exact) mass is 267 g/mol. The van der Waals surface area contributed by atoms with Crippen molar-refractivity contribution in [2.45, 2.75) is 12.8 Å². The molecule has 1 aliphatic rings. The van der Waals surface area contributed by atoms with E-state index in [1.807, 2.05) is 18.2 Å². The minimum absolute atomic E-state index is 0.0110. The molecule has 0 aliphatic carbocycles. The molecule has 20 heavy (non-hydrogen) atoms. The number of primary amides is 1. The third-order valence-corrected chi connectivity index (χ3v) is 3.30. The molecular weight excluding hydrogens is 254 g/mol. The molecule has 2 heterocycles. The number of rotatable bonds is 3. The van der Waals surface area contributed by atoms with Gasteiger partial charge in [-0.1, -0.05) is 18.2 Å². The number of aromatic nitrogens is 1. The molecule has 5 heteroatoms. The van der Waals surface area contributed by atoms with Gasteiger partial charge in [-0.05, 0) is 23.3 Å². The summed E-state index contributed by atoms with van der Waals surface area (Å²) in [6.07, 6.45) is 3.73. The van der Waals surface area contributed by atoms with Gasteiger partial charge < -0.3 is 5.73 Å². The first-order chi connectivity index (χ1) is 9.66. The van der Waals surface area contributed by atoms with Gasteiger partial charge in [-0.3, -0.25) is 19.5 Å². The molecule has 5 nitrogen and oxygen atoms in total. The van der Waals surface area contributed by atoms with Crippen molar-refractivity contribution in [3.05, 3.63) is 53.9 Å². The molecule has 100 valence electrons. The van der Waals surface area contributed by atoms with Gasteiger partial charge in [0.05, 0.1) is 24.2 Å². The fourth-order valence-electron chi connectivity index (χ4n) is 2.54. The number of hydrogen-bond acceptors (Lipinski definition) is 3. The molecule has 0 fully saturated rings. The first kappa shape index (κ1) is 12.3. The molecule has 1 aromatic heterocycles. The average Bonchev–Trinajstić information content (AvgIpc) is 2.76. The smallest absolute Gasteiger partial charge is 0.236 e. The van der Waals surface area contributed by atoms with E-state index in [1.165, 1.54) is 0 Å². The van der Waals surface area contributed by atoms with Crippen LogP contribution in [0, 0.1) is 0 Å². The maximum atomic E-state index is 12.3. The molecule has 3 rings (SSSR count). The second-order valence-corrected chi connectivity index (χ2v) is 4.68. The predicted octanol–water partition coefficient (Wildman–Crippen LogP) is 1.33. The summed E-state index contributed by atoms with van der Waals surface area (Å²) in [5, 5.41) is 0. The summed E-state index contributed by atoms with van der Waals surface area (Å²) >= 11 is 0. The van der Waals surface area contributed by atoms with Gasteiger partial charge >= 0.3 is 0 Å². The molecule has 0 spiro atoms. The van der Waals surface area contributed by atoms with Crippen LogP contribution in [0.1, 0.15) is 11.1 Å². The zero-order valence-corrected chi connectivity index (χ0v) is 10.7. The first-order valence-electron chi connectivity index (χ1n) is 6.29. The molecule has 2 N–H and O–H groups in total. The van der Waals surface area contributed by atoms with E-state index >= 15 is 0 Å². The van der Waals surface area contributed by atoms with Crippen molar-refractivity contribution in [2.75, 3.05) is 4.90 Å². The quantitative estimate of drug-likeness (QED) is 0.911. The van der Waals surface area contributed by atoms with E-state index in [9.17, 15) is 9.59 Å². The molecule has 1 aliphatic heterocycles. The normalized spacial score (nSPS) is 13.4. The van der Waals surface area contributed by atoms with Crippen LogP contribution in [0.15, 0.2) is 42.7 Å². The van der Waals surface area contributed by atoms with Crippen LogP contribution in [-0.4, -0.2) is 16.8 Å². The van der Waals surface area contributed by atoms with Gasteiger partial charge in [-0.25, -0.2) is 0 Å². The fraction of sp³-hybridized carbons (Fsp3) is 0.133. The van der Waals surface area contributed by atoms with Crippen LogP contribution < -0.4 is 10.6 Å². The van der Waals surface area contributed by atoms with Gasteiger partial charge in [-0.15, -0.1) is 0 Å². The summed E-state index contributed by atoms with van der Waals surface area (Å²) < 4.78 is 0. The Hall–Kier alpha value is -2.69. The lowest BCUT2D eigenvalue weighted by Crippen LogP contribution is -2.23. The molecule has 2 aromatic rings. The number of nitrogens with zero attached hydrogens (tertiary/aromatic N) is 2. The third kappa shape index (κ3) is 2.03. The Morgan fingerprint density at radius 1 is 1.25 bits per heavy atom. The topological polar surface area (TPSA) is 76.3 Å². The Labute approximate surface area is 116 Å². The molecule has 0 saturated carbocycles. The van der Waals surface area contributed by atoms with Crippen LogP contribution in [0.5, 0.6) is 0 Å². The van der Waals surface area contributed by atoms with Crippen LogP contribution >= 0.6 is 0 Å². The van der Waals surface area contributed by atoms with Crippen LogP contribution in [-0.2, 0) is 22.4 Å². The molecule has 0 unspecified atom stereocenters. The van der Waals surface area contributed by atoms with Gasteiger partial charge in [0.25, 0.3) is 0 Å². The fourth-order valence-corrected chi connectivity index (χ4v) is 2.54. The maximum Gasteiger partial charge on any atom is 0.236 e. The zero-order valence-electron chi connectivity index (χ0n) is 10.7. The number of amides is 2. The SMILES string of the molecule is NC(=O)Cc1cccc2c1N(c1ccncc1)C(=O)C2. The largest absolute Gasteiger partial charge is 0.369 e. The minimum Gasteiger partial charge on any atom is -0.369 e. The number of benzene rings is 1. The zero-order chi connectivity index (χ0) is 14.1. The summed E-state index contributed by atoms with van der Waals surface area (Å²) in [6, 6.07) is 9.12. The molecule has 1 aromatic carbocycles. The van der Waals surface area contributed by atoms with Crippen molar-refractivity contribution in [1.29, 1.82) is 0 Å². The second kappa shape index (κ2) is 4.77. The second-order valence-electron chi connectivity index (χ2n) is 4.68. The molecular formula is C15H13N3O2. The van der Waals surface area contributed by atoms with Crippen LogP contribution in [0.25, 0.3) is 0 Å². The van der Waals surface area contributed by atoms with Crippen molar-refractivity contribution >= 4 is 23.2 Å².